The highest BCUT2D eigenvalue weighted by molar-refractivity contribution is 9.10. The minimum absolute atomic E-state index is 0.323. The molecule has 0 aliphatic heterocycles. The minimum atomic E-state index is -0.323. The van der Waals surface area contributed by atoms with Gasteiger partial charge in [0, 0.05) is 22.4 Å². The maximum Gasteiger partial charge on any atom is 0.337 e. The number of nitrogens with zero attached hydrogens (tertiary/aromatic N) is 2. The van der Waals surface area contributed by atoms with Crippen LogP contribution in [0.1, 0.15) is 26.5 Å². The average Bonchev–Trinajstić information content (AvgIpc) is 2.85. The summed E-state index contributed by atoms with van der Waals surface area (Å²) in [7, 11) is 3.45. The number of esters is 1. The van der Waals surface area contributed by atoms with Gasteiger partial charge < -0.3 is 4.74 Å². The van der Waals surface area contributed by atoms with E-state index >= 15 is 0 Å². The molecule has 0 unspecified atom stereocenters. The number of aryl methyl sites for hydroxylation is 1. The molecule has 112 valence electrons. The molecule has 1 aromatic heterocycles. The lowest BCUT2D eigenvalue weighted by Gasteiger charge is -2.17. The van der Waals surface area contributed by atoms with Gasteiger partial charge >= 0.3 is 5.97 Å². The number of hydrogen-bond donors (Lipinski definition) is 0. The first-order valence-corrected chi connectivity index (χ1v) is 8.12. The Labute approximate surface area is 136 Å². The minimum Gasteiger partial charge on any atom is -0.465 e. The molecule has 2 rings (SSSR count). The van der Waals surface area contributed by atoms with Crippen molar-refractivity contribution in [3.05, 3.63) is 49.9 Å². The molecule has 6 heteroatoms. The van der Waals surface area contributed by atoms with E-state index in [-0.39, 0.29) is 5.97 Å². The van der Waals surface area contributed by atoms with Crippen molar-refractivity contribution in [1.29, 1.82) is 0 Å². The zero-order valence-corrected chi connectivity index (χ0v) is 14.6. The normalized spacial score (nSPS) is 10.9. The first-order valence-electron chi connectivity index (χ1n) is 6.45. The Bertz CT molecular complexity index is 642. The van der Waals surface area contributed by atoms with E-state index in [0.29, 0.717) is 5.56 Å². The molecule has 0 saturated carbocycles. The van der Waals surface area contributed by atoms with Gasteiger partial charge in [0.1, 0.15) is 0 Å². The van der Waals surface area contributed by atoms with Crippen LogP contribution in [0.4, 0.5) is 0 Å². The number of aromatic nitrogens is 1. The Kier molecular flexibility index (Phi) is 5.50. The highest BCUT2D eigenvalue weighted by Crippen LogP contribution is 2.22. The van der Waals surface area contributed by atoms with E-state index in [1.807, 2.05) is 18.5 Å². The van der Waals surface area contributed by atoms with Gasteiger partial charge in [-0.1, -0.05) is 22.0 Å². The Morgan fingerprint density at radius 1 is 1.43 bits per heavy atom. The molecular weight excluding hydrogens is 352 g/mol. The molecule has 0 spiro atoms. The third-order valence-electron chi connectivity index (χ3n) is 3.17. The van der Waals surface area contributed by atoms with Gasteiger partial charge in [0.05, 0.1) is 23.9 Å². The van der Waals surface area contributed by atoms with E-state index in [0.717, 1.165) is 28.8 Å². The van der Waals surface area contributed by atoms with Crippen molar-refractivity contribution >= 4 is 33.2 Å². The highest BCUT2D eigenvalue weighted by atomic mass is 79.9. The third-order valence-corrected chi connectivity index (χ3v) is 4.83. The number of ether oxygens (including phenoxy) is 1. The molecule has 0 bridgehead atoms. The first kappa shape index (κ1) is 16.1. The Morgan fingerprint density at radius 3 is 2.76 bits per heavy atom. The summed E-state index contributed by atoms with van der Waals surface area (Å²) in [5, 5.41) is 0. The largest absolute Gasteiger partial charge is 0.465 e. The van der Waals surface area contributed by atoms with Gasteiger partial charge in [0.25, 0.3) is 0 Å². The Morgan fingerprint density at radius 2 is 2.19 bits per heavy atom. The van der Waals surface area contributed by atoms with Crippen LogP contribution in [-0.4, -0.2) is 30.0 Å². The second-order valence-electron chi connectivity index (χ2n) is 4.83. The number of carbonyl (C=O) groups excluding carboxylic acids is 1. The first-order chi connectivity index (χ1) is 10.0. The molecule has 0 radical (unpaired) electrons. The van der Waals surface area contributed by atoms with Gasteiger partial charge in [-0.15, -0.1) is 11.3 Å². The van der Waals surface area contributed by atoms with Crippen molar-refractivity contribution in [1.82, 2.24) is 9.88 Å². The molecule has 0 N–H and O–H groups in total. The maximum absolute atomic E-state index is 11.5. The summed E-state index contributed by atoms with van der Waals surface area (Å²) in [5.41, 5.74) is 4.65. The Balaban J connectivity index is 2.05. The molecule has 0 saturated heterocycles. The lowest BCUT2D eigenvalue weighted by atomic mass is 10.1. The van der Waals surface area contributed by atoms with Crippen molar-refractivity contribution in [2.75, 3.05) is 14.2 Å². The van der Waals surface area contributed by atoms with Crippen molar-refractivity contribution in [2.24, 2.45) is 0 Å². The molecule has 0 aliphatic carbocycles. The van der Waals surface area contributed by atoms with Gasteiger partial charge in [0.15, 0.2) is 0 Å². The van der Waals surface area contributed by atoms with Crippen LogP contribution in [0, 0.1) is 6.92 Å². The van der Waals surface area contributed by atoms with Crippen LogP contribution in [0.3, 0.4) is 0 Å². The van der Waals surface area contributed by atoms with Crippen LogP contribution >= 0.6 is 27.3 Å². The molecular formula is C15H17BrN2O2S. The van der Waals surface area contributed by atoms with E-state index in [1.54, 1.807) is 23.5 Å². The summed E-state index contributed by atoms with van der Waals surface area (Å²) in [5.74, 6) is -0.323. The zero-order chi connectivity index (χ0) is 15.4. The summed E-state index contributed by atoms with van der Waals surface area (Å²) in [6.07, 6.45) is 0. The second-order valence-corrected chi connectivity index (χ2v) is 6.62. The van der Waals surface area contributed by atoms with Gasteiger partial charge in [-0.05, 0) is 31.7 Å². The number of thiazole rings is 1. The predicted octanol–water partition coefficient (Wildman–Crippen LogP) is 3.63. The van der Waals surface area contributed by atoms with E-state index < -0.39 is 0 Å². The summed E-state index contributed by atoms with van der Waals surface area (Å²) in [6, 6.07) is 5.54. The standard InChI is InChI=1S/C15H17BrN2O2S/c1-10-14(21-9-17-10)8-18(2)7-12-5-4-11(6-13(12)16)15(19)20-3/h4-6,9H,7-8H2,1-3H3. The zero-order valence-electron chi connectivity index (χ0n) is 12.2. The molecule has 0 fully saturated rings. The molecule has 21 heavy (non-hydrogen) atoms. The summed E-state index contributed by atoms with van der Waals surface area (Å²) >= 11 is 5.20. The molecule has 0 amide bonds. The summed E-state index contributed by atoms with van der Waals surface area (Å²) in [4.78, 5) is 19.3. The van der Waals surface area contributed by atoms with Crippen LogP contribution in [0.25, 0.3) is 0 Å². The topological polar surface area (TPSA) is 42.4 Å². The lowest BCUT2D eigenvalue weighted by Crippen LogP contribution is -2.17. The van der Waals surface area contributed by atoms with Crippen molar-refractivity contribution in [3.8, 4) is 0 Å². The fourth-order valence-corrected chi connectivity index (χ4v) is 3.35. The molecule has 0 atom stereocenters. The number of halogens is 1. The number of hydrogen-bond acceptors (Lipinski definition) is 5. The van der Waals surface area contributed by atoms with Gasteiger partial charge in [-0.2, -0.15) is 0 Å². The van der Waals surface area contributed by atoms with Crippen LogP contribution in [0.5, 0.6) is 0 Å². The Hall–Kier alpha value is -1.24. The van der Waals surface area contributed by atoms with E-state index in [2.05, 4.69) is 32.9 Å². The molecule has 0 aliphatic rings. The number of carbonyl (C=O) groups is 1. The summed E-state index contributed by atoms with van der Waals surface area (Å²) in [6.45, 7) is 3.68. The highest BCUT2D eigenvalue weighted by Gasteiger charge is 2.11. The molecule has 2 aromatic rings. The number of rotatable bonds is 5. The number of benzene rings is 1. The van der Waals surface area contributed by atoms with Crippen molar-refractivity contribution in [3.63, 3.8) is 0 Å². The fraction of sp³-hybridized carbons (Fsp3) is 0.333. The smallest absolute Gasteiger partial charge is 0.337 e. The van der Waals surface area contributed by atoms with Crippen LogP contribution in [-0.2, 0) is 17.8 Å². The van der Waals surface area contributed by atoms with Gasteiger partial charge in [-0.3, -0.25) is 4.90 Å². The lowest BCUT2D eigenvalue weighted by molar-refractivity contribution is 0.0600. The van der Waals surface area contributed by atoms with Crippen molar-refractivity contribution in [2.45, 2.75) is 20.0 Å². The second kappa shape index (κ2) is 7.15. The van der Waals surface area contributed by atoms with Gasteiger partial charge in [-0.25, -0.2) is 9.78 Å². The summed E-state index contributed by atoms with van der Waals surface area (Å²) < 4.78 is 5.63. The monoisotopic (exact) mass is 368 g/mol. The molecule has 1 aromatic carbocycles. The van der Waals surface area contributed by atoms with Crippen LogP contribution < -0.4 is 0 Å². The van der Waals surface area contributed by atoms with Crippen LogP contribution in [0.15, 0.2) is 28.2 Å². The maximum atomic E-state index is 11.5. The SMILES string of the molecule is COC(=O)c1ccc(CN(C)Cc2scnc2C)c(Br)c1. The third kappa shape index (κ3) is 4.12. The van der Waals surface area contributed by atoms with Gasteiger partial charge in [0.2, 0.25) is 0 Å². The predicted molar refractivity (Wildman–Crippen MR) is 87.5 cm³/mol. The molecule has 4 nitrogen and oxygen atoms in total. The number of methoxy groups -OCH3 is 1. The fourth-order valence-electron chi connectivity index (χ4n) is 1.99. The van der Waals surface area contributed by atoms with E-state index in [4.69, 9.17) is 4.74 Å². The average molecular weight is 369 g/mol. The molecule has 1 heterocycles. The van der Waals surface area contributed by atoms with Crippen molar-refractivity contribution < 1.29 is 9.53 Å². The van der Waals surface area contributed by atoms with E-state index in [9.17, 15) is 4.79 Å². The van der Waals surface area contributed by atoms with E-state index in [1.165, 1.54) is 12.0 Å². The quantitative estimate of drug-likeness (QED) is 0.755. The van der Waals surface area contributed by atoms with Crippen LogP contribution in [0.2, 0.25) is 0 Å².